The molecular formula is C23H26N4O3. The Labute approximate surface area is 176 Å². The minimum atomic E-state index is 0.00582. The van der Waals surface area contributed by atoms with Crippen molar-refractivity contribution in [2.75, 3.05) is 38.2 Å². The second kappa shape index (κ2) is 9.65. The lowest BCUT2D eigenvalue weighted by atomic mass is 10.1. The van der Waals surface area contributed by atoms with Gasteiger partial charge in [-0.2, -0.15) is 0 Å². The number of anilines is 1. The summed E-state index contributed by atoms with van der Waals surface area (Å²) in [7, 11) is 0. The minimum absolute atomic E-state index is 0.00582. The maximum absolute atomic E-state index is 12.3. The van der Waals surface area contributed by atoms with Crippen LogP contribution in [0.15, 0.2) is 52.9 Å². The van der Waals surface area contributed by atoms with Crippen LogP contribution in [0, 0.1) is 6.92 Å². The second-order valence-corrected chi connectivity index (χ2v) is 7.46. The van der Waals surface area contributed by atoms with Crippen molar-refractivity contribution in [3.8, 4) is 22.9 Å². The van der Waals surface area contributed by atoms with Gasteiger partial charge in [0.2, 0.25) is 17.7 Å². The molecule has 0 bridgehead atoms. The van der Waals surface area contributed by atoms with Crippen molar-refractivity contribution in [3.05, 3.63) is 54.1 Å². The van der Waals surface area contributed by atoms with Gasteiger partial charge in [0.25, 0.3) is 0 Å². The summed E-state index contributed by atoms with van der Waals surface area (Å²) in [6, 6.07) is 15.4. The monoisotopic (exact) mass is 406 g/mol. The molecule has 1 amide bonds. The zero-order chi connectivity index (χ0) is 20.8. The van der Waals surface area contributed by atoms with E-state index < -0.39 is 0 Å². The molecule has 156 valence electrons. The summed E-state index contributed by atoms with van der Waals surface area (Å²) in [5, 5.41) is 11.3. The summed E-state index contributed by atoms with van der Waals surface area (Å²) in [6.07, 6.45) is 1.31. The molecule has 1 N–H and O–H groups in total. The van der Waals surface area contributed by atoms with Crippen molar-refractivity contribution < 1.29 is 13.9 Å². The zero-order valence-electron chi connectivity index (χ0n) is 17.1. The maximum atomic E-state index is 12.3. The summed E-state index contributed by atoms with van der Waals surface area (Å²) >= 11 is 0. The first-order valence-electron chi connectivity index (χ1n) is 10.3. The Morgan fingerprint density at radius 2 is 1.77 bits per heavy atom. The number of carbonyl (C=O) groups excluding carboxylic acids is 1. The lowest BCUT2D eigenvalue weighted by Crippen LogP contribution is -2.37. The van der Waals surface area contributed by atoms with Crippen LogP contribution >= 0.6 is 0 Å². The van der Waals surface area contributed by atoms with Crippen molar-refractivity contribution in [1.82, 2.24) is 15.1 Å². The van der Waals surface area contributed by atoms with Crippen LogP contribution in [-0.2, 0) is 9.53 Å². The van der Waals surface area contributed by atoms with Crippen LogP contribution in [0.4, 0.5) is 5.69 Å². The van der Waals surface area contributed by atoms with Crippen LogP contribution in [0.25, 0.3) is 22.9 Å². The number of nitrogens with one attached hydrogen (secondary N) is 1. The first-order valence-corrected chi connectivity index (χ1v) is 10.3. The molecule has 4 rings (SSSR count). The average molecular weight is 406 g/mol. The van der Waals surface area contributed by atoms with E-state index in [9.17, 15) is 4.79 Å². The number of hydrogen-bond acceptors (Lipinski definition) is 6. The predicted octanol–water partition coefficient (Wildman–Crippen LogP) is 3.76. The summed E-state index contributed by atoms with van der Waals surface area (Å²) in [4.78, 5) is 14.6. The molecule has 1 fully saturated rings. The van der Waals surface area contributed by atoms with Crippen molar-refractivity contribution in [1.29, 1.82) is 0 Å². The molecule has 7 nitrogen and oxygen atoms in total. The fourth-order valence-corrected chi connectivity index (χ4v) is 3.39. The number of benzene rings is 2. The number of aryl methyl sites for hydroxylation is 1. The lowest BCUT2D eigenvalue weighted by Gasteiger charge is -2.26. The summed E-state index contributed by atoms with van der Waals surface area (Å²) < 4.78 is 11.2. The molecule has 2 heterocycles. The zero-order valence-corrected chi connectivity index (χ0v) is 17.1. The van der Waals surface area contributed by atoms with Gasteiger partial charge in [0, 0.05) is 36.3 Å². The Morgan fingerprint density at radius 1 is 1.03 bits per heavy atom. The second-order valence-electron chi connectivity index (χ2n) is 7.46. The standard InChI is InChI=1S/C23H26N4O3/c1-17-7-9-18(10-8-17)22-25-26-23(30-22)19-4-2-5-20(16-19)24-21(28)6-3-11-27-12-14-29-15-13-27/h2,4-5,7-10,16H,3,6,11-15H2,1H3,(H,24,28). The van der Waals surface area contributed by atoms with Crippen molar-refractivity contribution in [3.63, 3.8) is 0 Å². The fourth-order valence-electron chi connectivity index (χ4n) is 3.39. The number of ether oxygens (including phenoxy) is 1. The van der Waals surface area contributed by atoms with Gasteiger partial charge in [-0.25, -0.2) is 0 Å². The van der Waals surface area contributed by atoms with E-state index in [1.807, 2.05) is 55.5 Å². The summed E-state index contributed by atoms with van der Waals surface area (Å²) in [5.41, 5.74) is 3.54. The Balaban J connectivity index is 1.34. The van der Waals surface area contributed by atoms with Gasteiger partial charge in [-0.3, -0.25) is 9.69 Å². The highest BCUT2D eigenvalue weighted by Gasteiger charge is 2.13. The molecule has 1 aliphatic rings. The predicted molar refractivity (Wildman–Crippen MR) is 115 cm³/mol. The molecule has 30 heavy (non-hydrogen) atoms. The molecule has 0 saturated carbocycles. The van der Waals surface area contributed by atoms with E-state index in [2.05, 4.69) is 20.4 Å². The molecule has 1 saturated heterocycles. The normalized spacial score (nSPS) is 14.6. The van der Waals surface area contributed by atoms with Crippen molar-refractivity contribution >= 4 is 11.6 Å². The summed E-state index contributed by atoms with van der Waals surface area (Å²) in [5.74, 6) is 0.905. The topological polar surface area (TPSA) is 80.5 Å². The Morgan fingerprint density at radius 3 is 2.53 bits per heavy atom. The highest BCUT2D eigenvalue weighted by atomic mass is 16.5. The largest absolute Gasteiger partial charge is 0.416 e. The van der Waals surface area contributed by atoms with Gasteiger partial charge >= 0.3 is 0 Å². The Hall–Kier alpha value is -3.03. The smallest absolute Gasteiger partial charge is 0.248 e. The van der Waals surface area contributed by atoms with Gasteiger partial charge in [-0.1, -0.05) is 23.8 Å². The third-order valence-corrected chi connectivity index (χ3v) is 5.10. The highest BCUT2D eigenvalue weighted by Crippen LogP contribution is 2.26. The SMILES string of the molecule is Cc1ccc(-c2nnc(-c3cccc(NC(=O)CCCN4CCOCC4)c3)o2)cc1. The van der Waals surface area contributed by atoms with E-state index in [0.29, 0.717) is 18.2 Å². The van der Waals surface area contributed by atoms with Gasteiger partial charge in [0.05, 0.1) is 13.2 Å². The Kier molecular flexibility index (Phi) is 6.51. The van der Waals surface area contributed by atoms with Crippen LogP contribution in [0.5, 0.6) is 0 Å². The number of nitrogens with zero attached hydrogens (tertiary/aromatic N) is 3. The number of morpholine rings is 1. The van der Waals surface area contributed by atoms with Gasteiger partial charge < -0.3 is 14.5 Å². The van der Waals surface area contributed by atoms with Gasteiger partial charge in [0.1, 0.15) is 0 Å². The molecule has 0 aliphatic carbocycles. The van der Waals surface area contributed by atoms with Crippen LogP contribution in [0.2, 0.25) is 0 Å². The van der Waals surface area contributed by atoms with E-state index in [0.717, 1.165) is 56.1 Å². The van der Waals surface area contributed by atoms with Crippen molar-refractivity contribution in [2.45, 2.75) is 19.8 Å². The number of aromatic nitrogens is 2. The molecule has 0 radical (unpaired) electrons. The van der Waals surface area contributed by atoms with Gasteiger partial charge in [-0.15, -0.1) is 10.2 Å². The van der Waals surface area contributed by atoms with E-state index in [1.165, 1.54) is 5.56 Å². The third kappa shape index (κ3) is 5.31. The van der Waals surface area contributed by atoms with E-state index in [1.54, 1.807) is 0 Å². The van der Waals surface area contributed by atoms with Gasteiger partial charge in [-0.05, 0) is 50.2 Å². The fraction of sp³-hybridized carbons (Fsp3) is 0.348. The number of rotatable bonds is 7. The number of amides is 1. The minimum Gasteiger partial charge on any atom is -0.416 e. The molecular weight excluding hydrogens is 380 g/mol. The van der Waals surface area contributed by atoms with E-state index in [4.69, 9.17) is 9.15 Å². The number of hydrogen-bond donors (Lipinski definition) is 1. The van der Waals surface area contributed by atoms with E-state index >= 15 is 0 Å². The van der Waals surface area contributed by atoms with Crippen molar-refractivity contribution in [2.24, 2.45) is 0 Å². The van der Waals surface area contributed by atoms with Crippen LogP contribution in [0.1, 0.15) is 18.4 Å². The Bertz CT molecular complexity index is 978. The number of carbonyl (C=O) groups is 1. The van der Waals surface area contributed by atoms with Crippen LogP contribution in [-0.4, -0.2) is 53.9 Å². The van der Waals surface area contributed by atoms with Gasteiger partial charge in [0.15, 0.2) is 0 Å². The van der Waals surface area contributed by atoms with Crippen LogP contribution in [0.3, 0.4) is 0 Å². The molecule has 0 atom stereocenters. The molecule has 0 unspecified atom stereocenters. The van der Waals surface area contributed by atoms with Crippen LogP contribution < -0.4 is 5.32 Å². The maximum Gasteiger partial charge on any atom is 0.248 e. The highest BCUT2D eigenvalue weighted by molar-refractivity contribution is 5.91. The van der Waals surface area contributed by atoms with E-state index in [-0.39, 0.29) is 5.91 Å². The first-order chi connectivity index (χ1) is 14.7. The molecule has 3 aromatic rings. The lowest BCUT2D eigenvalue weighted by molar-refractivity contribution is -0.116. The summed E-state index contributed by atoms with van der Waals surface area (Å²) in [6.45, 7) is 6.39. The molecule has 7 heteroatoms. The molecule has 1 aromatic heterocycles. The first kappa shape index (κ1) is 20.3. The quantitative estimate of drug-likeness (QED) is 0.643. The molecule has 1 aliphatic heterocycles. The molecule has 2 aromatic carbocycles. The third-order valence-electron chi connectivity index (χ3n) is 5.10. The average Bonchev–Trinajstić information content (AvgIpc) is 3.26. The molecule has 0 spiro atoms.